The summed E-state index contributed by atoms with van der Waals surface area (Å²) in [5.74, 6) is 0.381. The molecule has 21 heavy (non-hydrogen) atoms. The minimum atomic E-state index is -3.54. The molecule has 0 aliphatic rings. The monoisotopic (exact) mass is 315 g/mol. The quantitative estimate of drug-likeness (QED) is 0.611. The maximum atomic E-state index is 12.2. The summed E-state index contributed by atoms with van der Waals surface area (Å²) in [5.41, 5.74) is 0. The Bertz CT molecular complexity index is 506. The SMILES string of the molecule is CCCCOCCCNS(=O)(=O)c1cccnc1NCC. The molecule has 0 bridgehead atoms. The van der Waals surface area contributed by atoms with Crippen molar-refractivity contribution in [2.45, 2.75) is 38.0 Å². The number of pyridine rings is 1. The van der Waals surface area contributed by atoms with E-state index in [-0.39, 0.29) is 4.90 Å². The Morgan fingerprint density at radius 2 is 2.00 bits per heavy atom. The molecule has 0 spiro atoms. The van der Waals surface area contributed by atoms with Crippen molar-refractivity contribution in [3.05, 3.63) is 18.3 Å². The van der Waals surface area contributed by atoms with Gasteiger partial charge in [0.1, 0.15) is 10.7 Å². The van der Waals surface area contributed by atoms with Gasteiger partial charge in [0.15, 0.2) is 0 Å². The van der Waals surface area contributed by atoms with E-state index in [2.05, 4.69) is 21.9 Å². The highest BCUT2D eigenvalue weighted by Gasteiger charge is 2.18. The second-order valence-electron chi connectivity index (χ2n) is 4.60. The molecule has 0 saturated carbocycles. The van der Waals surface area contributed by atoms with Gasteiger partial charge < -0.3 is 10.1 Å². The highest BCUT2D eigenvalue weighted by molar-refractivity contribution is 7.89. The molecule has 0 atom stereocenters. The Labute approximate surface area is 127 Å². The lowest BCUT2D eigenvalue weighted by Gasteiger charge is -2.11. The Morgan fingerprint density at radius 3 is 2.71 bits per heavy atom. The fourth-order valence-electron chi connectivity index (χ4n) is 1.71. The average molecular weight is 315 g/mol. The van der Waals surface area contributed by atoms with Crippen LogP contribution in [0.2, 0.25) is 0 Å². The average Bonchev–Trinajstić information content (AvgIpc) is 2.47. The van der Waals surface area contributed by atoms with Crippen molar-refractivity contribution in [2.75, 3.05) is 31.6 Å². The summed E-state index contributed by atoms with van der Waals surface area (Å²) < 4.78 is 32.4. The van der Waals surface area contributed by atoms with E-state index in [0.717, 1.165) is 19.4 Å². The predicted molar refractivity (Wildman–Crippen MR) is 83.9 cm³/mol. The lowest BCUT2D eigenvalue weighted by molar-refractivity contribution is 0.130. The molecular weight excluding hydrogens is 290 g/mol. The predicted octanol–water partition coefficient (Wildman–Crippen LogP) is 2.00. The Balaban J connectivity index is 2.46. The molecule has 1 aromatic heterocycles. The fourth-order valence-corrected chi connectivity index (χ4v) is 2.92. The first-order valence-electron chi connectivity index (χ1n) is 7.38. The summed E-state index contributed by atoms with van der Waals surface area (Å²) in [7, 11) is -3.54. The first kappa shape index (κ1) is 17.9. The first-order chi connectivity index (χ1) is 10.1. The maximum Gasteiger partial charge on any atom is 0.244 e. The van der Waals surface area contributed by atoms with Crippen molar-refractivity contribution in [3.8, 4) is 0 Å². The molecule has 0 aliphatic heterocycles. The van der Waals surface area contributed by atoms with Crippen molar-refractivity contribution in [3.63, 3.8) is 0 Å². The van der Waals surface area contributed by atoms with Crippen LogP contribution in [0.1, 0.15) is 33.1 Å². The van der Waals surface area contributed by atoms with Gasteiger partial charge in [-0.2, -0.15) is 0 Å². The third-order valence-electron chi connectivity index (χ3n) is 2.80. The normalized spacial score (nSPS) is 11.5. The van der Waals surface area contributed by atoms with Crippen LogP contribution in [0.3, 0.4) is 0 Å². The van der Waals surface area contributed by atoms with Gasteiger partial charge in [0.25, 0.3) is 0 Å². The van der Waals surface area contributed by atoms with Crippen LogP contribution in [0, 0.1) is 0 Å². The second kappa shape index (κ2) is 9.70. The zero-order valence-electron chi connectivity index (χ0n) is 12.8. The number of hydrogen-bond acceptors (Lipinski definition) is 5. The number of hydrogen-bond donors (Lipinski definition) is 2. The second-order valence-corrected chi connectivity index (χ2v) is 6.33. The van der Waals surface area contributed by atoms with Crippen LogP contribution in [-0.4, -0.2) is 39.7 Å². The lowest BCUT2D eigenvalue weighted by atomic mass is 10.4. The molecule has 0 unspecified atom stereocenters. The summed E-state index contributed by atoms with van der Waals surface area (Å²) in [5, 5.41) is 2.95. The zero-order valence-corrected chi connectivity index (χ0v) is 13.6. The maximum absolute atomic E-state index is 12.2. The van der Waals surface area contributed by atoms with Gasteiger partial charge in [0, 0.05) is 32.5 Å². The van der Waals surface area contributed by atoms with Crippen molar-refractivity contribution in [1.82, 2.24) is 9.71 Å². The van der Waals surface area contributed by atoms with Crippen molar-refractivity contribution < 1.29 is 13.2 Å². The van der Waals surface area contributed by atoms with E-state index in [9.17, 15) is 8.42 Å². The van der Waals surface area contributed by atoms with Gasteiger partial charge in [0.2, 0.25) is 10.0 Å². The van der Waals surface area contributed by atoms with E-state index in [1.54, 1.807) is 18.3 Å². The Hall–Kier alpha value is -1.18. The summed E-state index contributed by atoms with van der Waals surface area (Å²) in [6.45, 7) is 6.27. The van der Waals surface area contributed by atoms with Gasteiger partial charge in [-0.25, -0.2) is 18.1 Å². The van der Waals surface area contributed by atoms with Gasteiger partial charge >= 0.3 is 0 Å². The molecule has 0 aromatic carbocycles. The number of sulfonamides is 1. The lowest BCUT2D eigenvalue weighted by Crippen LogP contribution is -2.26. The van der Waals surface area contributed by atoms with E-state index in [4.69, 9.17) is 4.74 Å². The van der Waals surface area contributed by atoms with Gasteiger partial charge in [-0.05, 0) is 31.9 Å². The van der Waals surface area contributed by atoms with Gasteiger partial charge in [-0.15, -0.1) is 0 Å². The molecule has 0 aliphatic carbocycles. The molecule has 6 nitrogen and oxygen atoms in total. The van der Waals surface area contributed by atoms with Crippen LogP contribution < -0.4 is 10.0 Å². The molecule has 1 rings (SSSR count). The number of nitrogens with one attached hydrogen (secondary N) is 2. The number of ether oxygens (including phenoxy) is 1. The first-order valence-corrected chi connectivity index (χ1v) is 8.86. The molecule has 1 heterocycles. The van der Waals surface area contributed by atoms with Crippen LogP contribution in [0.15, 0.2) is 23.2 Å². The molecule has 7 heteroatoms. The Kier molecular flexibility index (Phi) is 8.26. The number of nitrogens with zero attached hydrogens (tertiary/aromatic N) is 1. The van der Waals surface area contributed by atoms with E-state index in [1.165, 1.54) is 0 Å². The minimum Gasteiger partial charge on any atom is -0.381 e. The topological polar surface area (TPSA) is 80.3 Å². The summed E-state index contributed by atoms with van der Waals surface area (Å²) in [4.78, 5) is 4.24. The number of aromatic nitrogens is 1. The van der Waals surface area contributed by atoms with E-state index >= 15 is 0 Å². The van der Waals surface area contributed by atoms with Crippen LogP contribution in [0.25, 0.3) is 0 Å². The van der Waals surface area contributed by atoms with Crippen molar-refractivity contribution in [1.29, 1.82) is 0 Å². The summed E-state index contributed by atoms with van der Waals surface area (Å²) in [6.07, 6.45) is 4.35. The molecule has 120 valence electrons. The third kappa shape index (κ3) is 6.41. The molecule has 1 aromatic rings. The molecule has 2 N–H and O–H groups in total. The van der Waals surface area contributed by atoms with Gasteiger partial charge in [-0.3, -0.25) is 0 Å². The van der Waals surface area contributed by atoms with E-state index in [1.807, 2.05) is 6.92 Å². The molecular formula is C14H25N3O3S. The van der Waals surface area contributed by atoms with E-state index < -0.39 is 10.0 Å². The summed E-state index contributed by atoms with van der Waals surface area (Å²) >= 11 is 0. The number of anilines is 1. The summed E-state index contributed by atoms with van der Waals surface area (Å²) in [6, 6.07) is 3.16. The van der Waals surface area contributed by atoms with Crippen LogP contribution in [0.5, 0.6) is 0 Å². The number of rotatable bonds is 11. The Morgan fingerprint density at radius 1 is 1.24 bits per heavy atom. The zero-order chi connectivity index (χ0) is 15.6. The van der Waals surface area contributed by atoms with Crippen molar-refractivity contribution in [2.24, 2.45) is 0 Å². The molecule has 0 saturated heterocycles. The van der Waals surface area contributed by atoms with Crippen molar-refractivity contribution >= 4 is 15.8 Å². The molecule has 0 amide bonds. The van der Waals surface area contributed by atoms with Crippen LogP contribution in [-0.2, 0) is 14.8 Å². The molecule has 0 radical (unpaired) electrons. The third-order valence-corrected chi connectivity index (χ3v) is 4.30. The van der Waals surface area contributed by atoms with Crippen LogP contribution >= 0.6 is 0 Å². The van der Waals surface area contributed by atoms with E-state index in [0.29, 0.717) is 31.9 Å². The standard InChI is InChI=1S/C14H25N3O3S/c1-3-5-11-20-12-7-10-17-21(18,19)13-8-6-9-16-14(13)15-4-2/h6,8-9,17H,3-5,7,10-12H2,1-2H3,(H,15,16). The smallest absolute Gasteiger partial charge is 0.244 e. The highest BCUT2D eigenvalue weighted by atomic mass is 32.2. The molecule has 0 fully saturated rings. The largest absolute Gasteiger partial charge is 0.381 e. The number of unbranched alkanes of at least 4 members (excludes halogenated alkanes) is 1. The van der Waals surface area contributed by atoms with Gasteiger partial charge in [-0.1, -0.05) is 13.3 Å². The minimum absolute atomic E-state index is 0.179. The fraction of sp³-hybridized carbons (Fsp3) is 0.643. The highest BCUT2D eigenvalue weighted by Crippen LogP contribution is 2.17. The van der Waals surface area contributed by atoms with Crippen LogP contribution in [0.4, 0.5) is 5.82 Å². The van der Waals surface area contributed by atoms with Gasteiger partial charge in [0.05, 0.1) is 0 Å².